The summed E-state index contributed by atoms with van der Waals surface area (Å²) in [5.41, 5.74) is 0.433. The van der Waals surface area contributed by atoms with Crippen LogP contribution in [0, 0.1) is 5.92 Å². The molecule has 0 fully saturated rings. The summed E-state index contributed by atoms with van der Waals surface area (Å²) in [5, 5.41) is 3.06. The van der Waals surface area contributed by atoms with E-state index < -0.39 is 0 Å². The highest BCUT2D eigenvalue weighted by Gasteiger charge is 2.09. The molecule has 15 heavy (non-hydrogen) atoms. The summed E-state index contributed by atoms with van der Waals surface area (Å²) in [6.45, 7) is 4.90. The minimum absolute atomic E-state index is 0.159. The summed E-state index contributed by atoms with van der Waals surface area (Å²) >= 11 is 5.79. The van der Waals surface area contributed by atoms with Gasteiger partial charge < -0.3 is 5.32 Å². The molecule has 1 aromatic rings. The first-order chi connectivity index (χ1) is 7.11. The third-order valence-corrected chi connectivity index (χ3v) is 2.31. The Balaban J connectivity index is 2.51. The van der Waals surface area contributed by atoms with E-state index in [0.717, 1.165) is 6.42 Å². The van der Waals surface area contributed by atoms with Crippen molar-refractivity contribution < 1.29 is 4.79 Å². The second kappa shape index (κ2) is 5.71. The Morgan fingerprint density at radius 2 is 2.33 bits per heavy atom. The van der Waals surface area contributed by atoms with Crippen molar-refractivity contribution >= 4 is 17.5 Å². The molecule has 1 heterocycles. The van der Waals surface area contributed by atoms with Gasteiger partial charge in [0.1, 0.15) is 5.15 Å². The zero-order valence-electron chi connectivity index (χ0n) is 8.96. The number of carbonyl (C=O) groups excluding carboxylic acids is 1. The van der Waals surface area contributed by atoms with Crippen molar-refractivity contribution in [2.75, 3.05) is 6.54 Å². The van der Waals surface area contributed by atoms with Gasteiger partial charge in [-0.15, -0.1) is 0 Å². The van der Waals surface area contributed by atoms with Gasteiger partial charge in [0.05, 0.1) is 5.56 Å². The van der Waals surface area contributed by atoms with Crippen molar-refractivity contribution in [3.63, 3.8) is 0 Å². The lowest BCUT2D eigenvalue weighted by Gasteiger charge is -2.07. The molecule has 82 valence electrons. The van der Waals surface area contributed by atoms with Crippen LogP contribution in [0.5, 0.6) is 0 Å². The number of halogens is 1. The van der Waals surface area contributed by atoms with Crippen LogP contribution in [-0.4, -0.2) is 17.4 Å². The molecule has 0 aliphatic rings. The Morgan fingerprint density at radius 3 is 2.93 bits per heavy atom. The van der Waals surface area contributed by atoms with Gasteiger partial charge in [-0.3, -0.25) is 4.79 Å². The van der Waals surface area contributed by atoms with Crippen LogP contribution in [0.1, 0.15) is 30.6 Å². The summed E-state index contributed by atoms with van der Waals surface area (Å²) < 4.78 is 0. The molecule has 0 saturated heterocycles. The summed E-state index contributed by atoms with van der Waals surface area (Å²) in [6, 6.07) is 3.36. The van der Waals surface area contributed by atoms with E-state index in [1.54, 1.807) is 18.3 Å². The standard InChI is InChI=1S/C11H15ClN2O/c1-8(2)5-7-14-11(15)9-4-3-6-13-10(9)12/h3-4,6,8H,5,7H2,1-2H3,(H,14,15). The number of aromatic nitrogens is 1. The maximum absolute atomic E-state index is 11.6. The van der Waals surface area contributed by atoms with E-state index in [1.165, 1.54) is 0 Å². The largest absolute Gasteiger partial charge is 0.352 e. The smallest absolute Gasteiger partial charge is 0.254 e. The lowest BCUT2D eigenvalue weighted by molar-refractivity contribution is 0.0952. The molecule has 1 aromatic heterocycles. The highest BCUT2D eigenvalue weighted by molar-refractivity contribution is 6.32. The Labute approximate surface area is 94.9 Å². The predicted octanol–water partition coefficient (Wildman–Crippen LogP) is 2.51. The fourth-order valence-corrected chi connectivity index (χ4v) is 1.33. The molecule has 0 aromatic carbocycles. The maximum atomic E-state index is 11.6. The Morgan fingerprint density at radius 1 is 1.60 bits per heavy atom. The average molecular weight is 227 g/mol. The van der Waals surface area contributed by atoms with E-state index in [9.17, 15) is 4.79 Å². The van der Waals surface area contributed by atoms with Crippen LogP contribution < -0.4 is 5.32 Å². The molecule has 3 nitrogen and oxygen atoms in total. The Hall–Kier alpha value is -1.09. The minimum atomic E-state index is -0.159. The number of pyridine rings is 1. The highest BCUT2D eigenvalue weighted by Crippen LogP contribution is 2.10. The van der Waals surface area contributed by atoms with E-state index in [1.807, 2.05) is 0 Å². The topological polar surface area (TPSA) is 42.0 Å². The first-order valence-corrected chi connectivity index (χ1v) is 5.37. The first-order valence-electron chi connectivity index (χ1n) is 5.00. The zero-order chi connectivity index (χ0) is 11.3. The van der Waals surface area contributed by atoms with E-state index >= 15 is 0 Å². The monoisotopic (exact) mass is 226 g/mol. The van der Waals surface area contributed by atoms with Crippen LogP contribution in [0.2, 0.25) is 5.15 Å². The normalized spacial score (nSPS) is 10.4. The number of hydrogen-bond donors (Lipinski definition) is 1. The van der Waals surface area contributed by atoms with Crippen LogP contribution in [0.15, 0.2) is 18.3 Å². The zero-order valence-corrected chi connectivity index (χ0v) is 9.71. The number of rotatable bonds is 4. The van der Waals surface area contributed by atoms with Gasteiger partial charge in [0.25, 0.3) is 5.91 Å². The Bertz CT molecular complexity index is 339. The van der Waals surface area contributed by atoms with Crippen molar-refractivity contribution in [1.29, 1.82) is 0 Å². The van der Waals surface area contributed by atoms with Crippen LogP contribution in [0.4, 0.5) is 0 Å². The van der Waals surface area contributed by atoms with Crippen molar-refractivity contribution in [3.05, 3.63) is 29.0 Å². The number of carbonyl (C=O) groups is 1. The molecule has 0 bridgehead atoms. The molecule has 1 N–H and O–H groups in total. The van der Waals surface area contributed by atoms with Gasteiger partial charge in [-0.25, -0.2) is 4.98 Å². The molecule has 0 aliphatic heterocycles. The average Bonchev–Trinajstić information content (AvgIpc) is 2.17. The maximum Gasteiger partial charge on any atom is 0.254 e. The molecule has 4 heteroatoms. The quantitative estimate of drug-likeness (QED) is 0.802. The van der Waals surface area contributed by atoms with E-state index in [4.69, 9.17) is 11.6 Å². The molecule has 1 amide bonds. The van der Waals surface area contributed by atoms with Gasteiger partial charge in [0.2, 0.25) is 0 Å². The van der Waals surface area contributed by atoms with Crippen LogP contribution in [0.25, 0.3) is 0 Å². The fourth-order valence-electron chi connectivity index (χ4n) is 1.13. The third-order valence-electron chi connectivity index (χ3n) is 2.01. The third kappa shape index (κ3) is 3.88. The molecular formula is C11H15ClN2O. The van der Waals surface area contributed by atoms with Crippen molar-refractivity contribution in [2.45, 2.75) is 20.3 Å². The molecule has 1 rings (SSSR count). The van der Waals surface area contributed by atoms with Crippen molar-refractivity contribution in [1.82, 2.24) is 10.3 Å². The number of amides is 1. The predicted molar refractivity (Wildman–Crippen MR) is 61.0 cm³/mol. The molecule has 0 radical (unpaired) electrons. The number of nitrogens with one attached hydrogen (secondary N) is 1. The summed E-state index contributed by atoms with van der Waals surface area (Å²) in [7, 11) is 0. The van der Waals surface area contributed by atoms with Crippen LogP contribution in [-0.2, 0) is 0 Å². The van der Waals surface area contributed by atoms with Gasteiger partial charge in [-0.2, -0.15) is 0 Å². The molecule has 0 spiro atoms. The highest BCUT2D eigenvalue weighted by atomic mass is 35.5. The molecule has 0 aliphatic carbocycles. The van der Waals surface area contributed by atoms with Gasteiger partial charge >= 0.3 is 0 Å². The van der Waals surface area contributed by atoms with E-state index in [0.29, 0.717) is 18.0 Å². The van der Waals surface area contributed by atoms with Gasteiger partial charge in [0, 0.05) is 12.7 Å². The molecular weight excluding hydrogens is 212 g/mol. The van der Waals surface area contributed by atoms with Crippen LogP contribution in [0.3, 0.4) is 0 Å². The summed E-state index contributed by atoms with van der Waals surface area (Å²) in [6.07, 6.45) is 2.52. The molecule has 0 atom stereocenters. The SMILES string of the molecule is CC(C)CCNC(=O)c1cccnc1Cl. The van der Waals surface area contributed by atoms with E-state index in [2.05, 4.69) is 24.1 Å². The Kier molecular flexibility index (Phi) is 4.56. The number of hydrogen-bond acceptors (Lipinski definition) is 2. The van der Waals surface area contributed by atoms with Gasteiger partial charge in [-0.05, 0) is 24.5 Å². The number of nitrogens with zero attached hydrogens (tertiary/aromatic N) is 1. The first kappa shape index (κ1) is 12.0. The van der Waals surface area contributed by atoms with Crippen molar-refractivity contribution in [2.24, 2.45) is 5.92 Å². The van der Waals surface area contributed by atoms with Crippen molar-refractivity contribution in [3.8, 4) is 0 Å². The second-order valence-electron chi connectivity index (χ2n) is 3.78. The van der Waals surface area contributed by atoms with E-state index in [-0.39, 0.29) is 11.1 Å². The summed E-state index contributed by atoms with van der Waals surface area (Å²) in [4.78, 5) is 15.5. The minimum Gasteiger partial charge on any atom is -0.352 e. The lowest BCUT2D eigenvalue weighted by Crippen LogP contribution is -2.25. The van der Waals surface area contributed by atoms with Crippen LogP contribution >= 0.6 is 11.6 Å². The van der Waals surface area contributed by atoms with Gasteiger partial charge in [-0.1, -0.05) is 25.4 Å². The fraction of sp³-hybridized carbons (Fsp3) is 0.455. The lowest BCUT2D eigenvalue weighted by atomic mass is 10.1. The van der Waals surface area contributed by atoms with Gasteiger partial charge in [0.15, 0.2) is 0 Å². The summed E-state index contributed by atoms with van der Waals surface area (Å²) in [5.74, 6) is 0.420. The molecule has 0 unspecified atom stereocenters. The second-order valence-corrected chi connectivity index (χ2v) is 4.14. The molecule has 0 saturated carbocycles.